The van der Waals surface area contributed by atoms with E-state index in [0.717, 1.165) is 94.3 Å². The third-order valence-corrected chi connectivity index (χ3v) is 11.0. The van der Waals surface area contributed by atoms with Gasteiger partial charge in [-0.3, -0.25) is 0 Å². The summed E-state index contributed by atoms with van der Waals surface area (Å²) in [4.78, 5) is 18.2. The molecule has 0 radical (unpaired) electrons. The lowest BCUT2D eigenvalue weighted by molar-refractivity contribution is 1.30. The maximum absolute atomic E-state index is 5.36. The quantitative estimate of drug-likeness (QED) is 0.160. The number of fused-ring (bicyclic) bond motifs is 8. The van der Waals surface area contributed by atoms with Crippen LogP contribution in [0.5, 0.6) is 0 Å². The number of aromatic nitrogens is 3. The van der Waals surface area contributed by atoms with Crippen LogP contribution in [0.25, 0.3) is 88.0 Å². The van der Waals surface area contributed by atoms with Crippen LogP contribution in [0.1, 0.15) is 0 Å². The summed E-state index contributed by atoms with van der Waals surface area (Å²) in [6.45, 7) is 0. The van der Waals surface area contributed by atoms with Crippen LogP contribution < -0.4 is 4.90 Å². The normalized spacial score (nSPS) is 11.5. The van der Waals surface area contributed by atoms with Gasteiger partial charge in [0.2, 0.25) is 0 Å². The number of hydrogen-bond donors (Lipinski definition) is 0. The second-order valence-electron chi connectivity index (χ2n) is 14.4. The zero-order valence-electron chi connectivity index (χ0n) is 30.9. The molecule has 4 heteroatoms. The maximum atomic E-state index is 5.36. The summed E-state index contributed by atoms with van der Waals surface area (Å²) in [5, 5.41) is 7.81. The Labute approximate surface area is 330 Å². The van der Waals surface area contributed by atoms with E-state index in [1.807, 2.05) is 18.2 Å². The highest BCUT2D eigenvalue weighted by Gasteiger charge is 2.19. The average molecular weight is 727 g/mol. The molecular weight excluding hydrogens is 693 g/mol. The van der Waals surface area contributed by atoms with E-state index in [1.54, 1.807) is 0 Å². The molecule has 8 aromatic carbocycles. The third kappa shape index (κ3) is 5.66. The molecule has 0 unspecified atom stereocenters. The second kappa shape index (κ2) is 13.6. The fourth-order valence-electron chi connectivity index (χ4n) is 8.29. The van der Waals surface area contributed by atoms with Gasteiger partial charge < -0.3 is 4.90 Å². The van der Waals surface area contributed by atoms with Crippen molar-refractivity contribution in [3.63, 3.8) is 0 Å². The minimum absolute atomic E-state index is 0.891. The molecule has 0 spiro atoms. The van der Waals surface area contributed by atoms with Crippen molar-refractivity contribution < 1.29 is 0 Å². The van der Waals surface area contributed by atoms with Crippen LogP contribution in [0.4, 0.5) is 17.1 Å². The van der Waals surface area contributed by atoms with Crippen molar-refractivity contribution in [3.05, 3.63) is 206 Å². The Balaban J connectivity index is 1.16. The standard InChI is InChI=1S/C53H34N4/c1-5-14-35(15-6-1)46-31-26-37-24-25-38-27-32-47(55-53(38)52(37)54-46)39-28-33-48-45(34-39)50-43-22-13-23-49(57(40-18-9-3-10-19-40)41-20-11-4-12-21-41)42(43)29-30-44(50)51(56-48)36-16-7-2-8-17-36/h1-34H. The molecule has 0 N–H and O–H groups in total. The first-order valence-electron chi connectivity index (χ1n) is 19.3. The van der Waals surface area contributed by atoms with Gasteiger partial charge in [-0.1, -0.05) is 152 Å². The zero-order chi connectivity index (χ0) is 37.7. The molecule has 0 aliphatic heterocycles. The lowest BCUT2D eigenvalue weighted by Crippen LogP contribution is -2.10. The molecule has 0 saturated carbocycles. The summed E-state index contributed by atoms with van der Waals surface area (Å²) in [5.74, 6) is 0. The van der Waals surface area contributed by atoms with E-state index in [2.05, 4.69) is 193 Å². The SMILES string of the molecule is c1ccc(-c2ccc3ccc4ccc(-c5ccc6nc(-c7ccccc7)c7ccc8c(N(c9ccccc9)c9ccccc9)cccc8c7c6c5)nc4c3n2)cc1. The first-order valence-corrected chi connectivity index (χ1v) is 19.3. The van der Waals surface area contributed by atoms with E-state index in [0.29, 0.717) is 0 Å². The van der Waals surface area contributed by atoms with Gasteiger partial charge in [0, 0.05) is 60.4 Å². The molecule has 0 bridgehead atoms. The molecule has 0 atom stereocenters. The summed E-state index contributed by atoms with van der Waals surface area (Å²) in [7, 11) is 0. The topological polar surface area (TPSA) is 41.9 Å². The Kier molecular flexibility index (Phi) is 7.78. The van der Waals surface area contributed by atoms with Crippen LogP contribution in [0, 0.1) is 0 Å². The number of rotatable bonds is 6. The van der Waals surface area contributed by atoms with Crippen molar-refractivity contribution in [3.8, 4) is 33.8 Å². The summed E-state index contributed by atoms with van der Waals surface area (Å²) < 4.78 is 0. The van der Waals surface area contributed by atoms with Crippen LogP contribution in [-0.4, -0.2) is 15.0 Å². The van der Waals surface area contributed by atoms with Crippen LogP contribution in [0.2, 0.25) is 0 Å². The largest absolute Gasteiger partial charge is 0.310 e. The molecular formula is C53H34N4. The minimum Gasteiger partial charge on any atom is -0.310 e. The van der Waals surface area contributed by atoms with Crippen molar-refractivity contribution in [2.24, 2.45) is 0 Å². The predicted octanol–water partition coefficient (Wildman–Crippen LogP) is 14.1. The van der Waals surface area contributed by atoms with E-state index in [1.165, 1.54) is 10.8 Å². The lowest BCUT2D eigenvalue weighted by Gasteiger charge is -2.27. The summed E-state index contributed by atoms with van der Waals surface area (Å²) >= 11 is 0. The lowest BCUT2D eigenvalue weighted by atomic mass is 9.93. The van der Waals surface area contributed by atoms with Crippen molar-refractivity contribution in [2.45, 2.75) is 0 Å². The molecule has 57 heavy (non-hydrogen) atoms. The van der Waals surface area contributed by atoms with Crippen molar-refractivity contribution in [1.82, 2.24) is 15.0 Å². The summed E-state index contributed by atoms with van der Waals surface area (Å²) in [6, 6.07) is 72.6. The van der Waals surface area contributed by atoms with Gasteiger partial charge in [0.05, 0.1) is 39.3 Å². The molecule has 0 aliphatic rings. The van der Waals surface area contributed by atoms with Gasteiger partial charge in [-0.15, -0.1) is 0 Å². The van der Waals surface area contributed by atoms with Crippen molar-refractivity contribution in [2.75, 3.05) is 4.90 Å². The van der Waals surface area contributed by atoms with Gasteiger partial charge in [0.1, 0.15) is 0 Å². The Morgan fingerprint density at radius 2 is 0.877 bits per heavy atom. The van der Waals surface area contributed by atoms with E-state index < -0.39 is 0 Å². The Hall–Kier alpha value is -7.69. The van der Waals surface area contributed by atoms with Gasteiger partial charge >= 0.3 is 0 Å². The monoisotopic (exact) mass is 726 g/mol. The van der Waals surface area contributed by atoms with E-state index in [-0.39, 0.29) is 0 Å². The third-order valence-electron chi connectivity index (χ3n) is 11.0. The van der Waals surface area contributed by atoms with E-state index >= 15 is 0 Å². The van der Waals surface area contributed by atoms with Gasteiger partial charge in [0.15, 0.2) is 0 Å². The van der Waals surface area contributed by atoms with E-state index in [4.69, 9.17) is 15.0 Å². The van der Waals surface area contributed by atoms with Crippen LogP contribution in [0.3, 0.4) is 0 Å². The maximum Gasteiger partial charge on any atom is 0.0972 e. The molecule has 0 saturated heterocycles. The number of nitrogens with zero attached hydrogens (tertiary/aromatic N) is 4. The van der Waals surface area contributed by atoms with Crippen LogP contribution in [-0.2, 0) is 0 Å². The molecule has 11 rings (SSSR count). The van der Waals surface area contributed by atoms with Gasteiger partial charge in [-0.2, -0.15) is 0 Å². The molecule has 0 aliphatic carbocycles. The van der Waals surface area contributed by atoms with Crippen molar-refractivity contribution in [1.29, 1.82) is 0 Å². The molecule has 3 aromatic heterocycles. The molecule has 4 nitrogen and oxygen atoms in total. The fourth-order valence-corrected chi connectivity index (χ4v) is 8.29. The highest BCUT2D eigenvalue weighted by molar-refractivity contribution is 6.24. The summed E-state index contributed by atoms with van der Waals surface area (Å²) in [5.41, 5.74) is 12.0. The van der Waals surface area contributed by atoms with E-state index in [9.17, 15) is 0 Å². The second-order valence-corrected chi connectivity index (χ2v) is 14.4. The zero-order valence-corrected chi connectivity index (χ0v) is 30.9. The molecule has 3 heterocycles. The molecule has 0 fully saturated rings. The predicted molar refractivity (Wildman–Crippen MR) is 238 cm³/mol. The summed E-state index contributed by atoms with van der Waals surface area (Å²) in [6.07, 6.45) is 0. The number of benzene rings is 8. The highest BCUT2D eigenvalue weighted by Crippen LogP contribution is 2.44. The number of para-hydroxylation sites is 2. The van der Waals surface area contributed by atoms with Crippen LogP contribution in [0.15, 0.2) is 206 Å². The smallest absolute Gasteiger partial charge is 0.0972 e. The Morgan fingerprint density at radius 3 is 1.51 bits per heavy atom. The van der Waals surface area contributed by atoms with Gasteiger partial charge in [0.25, 0.3) is 0 Å². The Morgan fingerprint density at radius 1 is 0.333 bits per heavy atom. The average Bonchev–Trinajstić information content (AvgIpc) is 3.29. The first-order chi connectivity index (χ1) is 28.3. The minimum atomic E-state index is 0.891. The first kappa shape index (κ1) is 32.7. The Bertz CT molecular complexity index is 3240. The number of pyridine rings is 3. The fraction of sp³-hybridized carbons (Fsp3) is 0. The number of anilines is 3. The molecule has 266 valence electrons. The molecule has 11 aromatic rings. The van der Waals surface area contributed by atoms with Gasteiger partial charge in [-0.05, 0) is 60.0 Å². The van der Waals surface area contributed by atoms with Crippen molar-refractivity contribution >= 4 is 71.3 Å². The van der Waals surface area contributed by atoms with Gasteiger partial charge in [-0.25, -0.2) is 15.0 Å². The number of hydrogen-bond acceptors (Lipinski definition) is 4. The van der Waals surface area contributed by atoms with Crippen LogP contribution >= 0.6 is 0 Å². The molecule has 0 amide bonds. The highest BCUT2D eigenvalue weighted by atomic mass is 15.1.